The lowest BCUT2D eigenvalue weighted by Crippen LogP contribution is -2.30. The van der Waals surface area contributed by atoms with E-state index in [1.807, 2.05) is 28.9 Å². The van der Waals surface area contributed by atoms with Gasteiger partial charge in [-0.1, -0.05) is 18.2 Å². The maximum absolute atomic E-state index is 13.8. The van der Waals surface area contributed by atoms with E-state index in [-0.39, 0.29) is 11.7 Å². The van der Waals surface area contributed by atoms with E-state index in [9.17, 15) is 13.6 Å². The van der Waals surface area contributed by atoms with Crippen LogP contribution in [-0.2, 0) is 0 Å². The highest BCUT2D eigenvalue weighted by Gasteiger charge is 2.31. The first kappa shape index (κ1) is 14.7. The fraction of sp³-hybridized carbons (Fsp3) is 0.235. The summed E-state index contributed by atoms with van der Waals surface area (Å²) in [5.74, 6) is -2.26. The molecule has 24 heavy (non-hydrogen) atoms. The number of amides is 1. The first-order chi connectivity index (χ1) is 11.6. The summed E-state index contributed by atoms with van der Waals surface area (Å²) in [7, 11) is 0. The van der Waals surface area contributed by atoms with E-state index in [4.69, 9.17) is 0 Å². The highest BCUT2D eigenvalue weighted by Crippen LogP contribution is 2.26. The van der Waals surface area contributed by atoms with Crippen molar-refractivity contribution in [2.45, 2.75) is 12.5 Å². The van der Waals surface area contributed by atoms with Gasteiger partial charge >= 0.3 is 0 Å². The molecule has 0 spiro atoms. The molecule has 0 unspecified atom stereocenters. The molecule has 1 atom stereocenters. The van der Waals surface area contributed by atoms with E-state index in [0.29, 0.717) is 19.2 Å². The van der Waals surface area contributed by atoms with Crippen LogP contribution in [0.3, 0.4) is 0 Å². The van der Waals surface area contributed by atoms with Crippen molar-refractivity contribution in [2.24, 2.45) is 0 Å². The summed E-state index contributed by atoms with van der Waals surface area (Å²) in [4.78, 5) is 17.6. The van der Waals surface area contributed by atoms with Crippen LogP contribution in [-0.4, -0.2) is 38.7 Å². The molecule has 4 rings (SSSR count). The van der Waals surface area contributed by atoms with Gasteiger partial charge in [0.1, 0.15) is 5.82 Å². The van der Waals surface area contributed by atoms with Crippen LogP contribution in [0.4, 0.5) is 8.78 Å². The molecule has 0 N–H and O–H groups in total. The minimum absolute atomic E-state index is 0.0253. The lowest BCUT2D eigenvalue weighted by Gasteiger charge is -2.17. The molecule has 0 saturated carbocycles. The largest absolute Gasteiger partial charge is 0.335 e. The Hall–Kier alpha value is -2.83. The zero-order valence-electron chi connectivity index (χ0n) is 12.7. The van der Waals surface area contributed by atoms with E-state index in [1.54, 1.807) is 6.20 Å². The van der Waals surface area contributed by atoms with Gasteiger partial charge in [-0.25, -0.2) is 13.8 Å². The fourth-order valence-electron chi connectivity index (χ4n) is 3.13. The van der Waals surface area contributed by atoms with E-state index in [0.717, 1.165) is 23.5 Å². The molecule has 122 valence electrons. The first-order valence-corrected chi connectivity index (χ1v) is 7.66. The van der Waals surface area contributed by atoms with Crippen molar-refractivity contribution in [1.82, 2.24) is 19.7 Å². The van der Waals surface area contributed by atoms with Crippen molar-refractivity contribution in [2.75, 3.05) is 13.1 Å². The smallest absolute Gasteiger partial charge is 0.275 e. The van der Waals surface area contributed by atoms with Crippen molar-refractivity contribution in [3.05, 3.63) is 60.1 Å². The summed E-state index contributed by atoms with van der Waals surface area (Å²) in [6.07, 6.45) is 3.37. The molecule has 1 aromatic carbocycles. The predicted octanol–water partition coefficient (Wildman–Crippen LogP) is 2.80. The summed E-state index contributed by atoms with van der Waals surface area (Å²) in [5, 5.41) is 5.45. The Kier molecular flexibility index (Phi) is 3.48. The number of carbonyl (C=O) groups is 1. The number of para-hydroxylation sites is 1. The minimum Gasteiger partial charge on any atom is -0.335 e. The zero-order valence-corrected chi connectivity index (χ0v) is 12.7. The molecular formula is C17H14F2N4O. The summed E-state index contributed by atoms with van der Waals surface area (Å²) in [6.45, 7) is 0.902. The Morgan fingerprint density at radius 2 is 2.04 bits per heavy atom. The highest BCUT2D eigenvalue weighted by atomic mass is 19.1. The van der Waals surface area contributed by atoms with Crippen molar-refractivity contribution in [3.8, 4) is 0 Å². The van der Waals surface area contributed by atoms with Crippen LogP contribution in [0.1, 0.15) is 23.0 Å². The molecule has 1 saturated heterocycles. The molecule has 0 radical (unpaired) electrons. The van der Waals surface area contributed by atoms with E-state index in [1.165, 1.54) is 4.90 Å². The fourth-order valence-corrected chi connectivity index (χ4v) is 3.13. The molecule has 0 aliphatic carbocycles. The number of carbonyl (C=O) groups excluding carboxylic acids is 1. The summed E-state index contributed by atoms with van der Waals surface area (Å²) in [5.41, 5.74) is 0.658. The standard InChI is InChI=1S/C17H14F2N4O/c18-12-7-14(19)16(20-9-12)17(24)22-6-5-13(10-22)23-15-4-2-1-3-11(15)8-21-23/h1-4,7-9,13H,5-6,10H2/t13-/m1/s1. The maximum Gasteiger partial charge on any atom is 0.275 e. The van der Waals surface area contributed by atoms with Crippen LogP contribution in [0.5, 0.6) is 0 Å². The van der Waals surface area contributed by atoms with Crippen LogP contribution in [0.2, 0.25) is 0 Å². The van der Waals surface area contributed by atoms with Gasteiger partial charge in [0.2, 0.25) is 0 Å². The molecule has 5 nitrogen and oxygen atoms in total. The van der Waals surface area contributed by atoms with Crippen molar-refractivity contribution < 1.29 is 13.6 Å². The van der Waals surface area contributed by atoms with Gasteiger partial charge < -0.3 is 4.90 Å². The number of nitrogens with zero attached hydrogens (tertiary/aromatic N) is 4. The maximum atomic E-state index is 13.8. The quantitative estimate of drug-likeness (QED) is 0.727. The number of likely N-dealkylation sites (tertiary alicyclic amines) is 1. The van der Waals surface area contributed by atoms with Crippen molar-refractivity contribution in [1.29, 1.82) is 0 Å². The van der Waals surface area contributed by atoms with Crippen molar-refractivity contribution >= 4 is 16.8 Å². The molecular weight excluding hydrogens is 314 g/mol. The van der Waals surface area contributed by atoms with Crippen LogP contribution >= 0.6 is 0 Å². The number of pyridine rings is 1. The Bertz CT molecular complexity index is 924. The first-order valence-electron chi connectivity index (χ1n) is 7.66. The number of halogens is 2. The second-order valence-electron chi connectivity index (χ2n) is 5.83. The second-order valence-corrected chi connectivity index (χ2v) is 5.83. The van der Waals surface area contributed by atoms with Gasteiger partial charge in [0.25, 0.3) is 5.91 Å². The van der Waals surface area contributed by atoms with Gasteiger partial charge in [0.15, 0.2) is 11.5 Å². The van der Waals surface area contributed by atoms with Gasteiger partial charge in [-0.3, -0.25) is 9.48 Å². The van der Waals surface area contributed by atoms with Crippen LogP contribution in [0, 0.1) is 11.6 Å². The average Bonchev–Trinajstić information content (AvgIpc) is 3.21. The number of rotatable bonds is 2. The predicted molar refractivity (Wildman–Crippen MR) is 83.4 cm³/mol. The molecule has 0 bridgehead atoms. The number of hydrogen-bond acceptors (Lipinski definition) is 3. The summed E-state index contributed by atoms with van der Waals surface area (Å²) < 4.78 is 28.6. The molecule has 1 aliphatic heterocycles. The SMILES string of the molecule is O=C(c1ncc(F)cc1F)N1CC[C@@H](n2ncc3ccccc32)C1. The topological polar surface area (TPSA) is 51.0 Å². The van der Waals surface area contributed by atoms with Gasteiger partial charge in [0, 0.05) is 24.5 Å². The average molecular weight is 328 g/mol. The molecule has 1 aliphatic rings. The lowest BCUT2D eigenvalue weighted by atomic mass is 10.2. The molecule has 3 aromatic rings. The Labute approximate surface area is 136 Å². The van der Waals surface area contributed by atoms with Crippen LogP contribution < -0.4 is 0 Å². The highest BCUT2D eigenvalue weighted by molar-refractivity contribution is 5.92. The van der Waals surface area contributed by atoms with Gasteiger partial charge in [-0.15, -0.1) is 0 Å². The molecule has 1 fully saturated rings. The Morgan fingerprint density at radius 3 is 2.88 bits per heavy atom. The number of aromatic nitrogens is 3. The third kappa shape index (κ3) is 2.42. The van der Waals surface area contributed by atoms with E-state index in [2.05, 4.69) is 10.1 Å². The monoisotopic (exact) mass is 328 g/mol. The van der Waals surface area contributed by atoms with E-state index >= 15 is 0 Å². The number of fused-ring (bicyclic) bond motifs is 1. The molecule has 3 heterocycles. The Balaban J connectivity index is 1.57. The van der Waals surface area contributed by atoms with Gasteiger partial charge in [-0.2, -0.15) is 5.10 Å². The molecule has 1 amide bonds. The minimum atomic E-state index is -0.937. The molecule has 7 heteroatoms. The molecule has 2 aromatic heterocycles. The lowest BCUT2D eigenvalue weighted by molar-refractivity contribution is 0.0776. The second kappa shape index (κ2) is 5.67. The zero-order chi connectivity index (χ0) is 16.7. The number of benzene rings is 1. The Morgan fingerprint density at radius 1 is 1.21 bits per heavy atom. The summed E-state index contributed by atoms with van der Waals surface area (Å²) in [6, 6.07) is 8.55. The number of hydrogen-bond donors (Lipinski definition) is 0. The van der Waals surface area contributed by atoms with Gasteiger partial charge in [-0.05, 0) is 12.5 Å². The third-order valence-corrected chi connectivity index (χ3v) is 4.31. The van der Waals surface area contributed by atoms with Crippen LogP contribution in [0.25, 0.3) is 10.9 Å². The normalized spacial score (nSPS) is 17.6. The van der Waals surface area contributed by atoms with Crippen molar-refractivity contribution in [3.63, 3.8) is 0 Å². The summed E-state index contributed by atoms with van der Waals surface area (Å²) >= 11 is 0. The van der Waals surface area contributed by atoms with Crippen LogP contribution in [0.15, 0.2) is 42.7 Å². The van der Waals surface area contributed by atoms with Gasteiger partial charge in [0.05, 0.1) is 24.0 Å². The van der Waals surface area contributed by atoms with E-state index < -0.39 is 17.5 Å². The third-order valence-electron chi connectivity index (χ3n) is 4.31.